The zero-order valence-corrected chi connectivity index (χ0v) is 15.1. The summed E-state index contributed by atoms with van der Waals surface area (Å²) in [5.41, 5.74) is 2.54. The van der Waals surface area contributed by atoms with Crippen LogP contribution in [0.15, 0.2) is 29.3 Å². The van der Waals surface area contributed by atoms with Gasteiger partial charge in [0.05, 0.1) is 6.10 Å². The lowest BCUT2D eigenvalue weighted by atomic mass is 10.1. The molecule has 1 aromatic rings. The smallest absolute Gasteiger partial charge is 0.130 e. The summed E-state index contributed by atoms with van der Waals surface area (Å²) in [4.78, 5) is 9.51. The van der Waals surface area contributed by atoms with Crippen LogP contribution in [-0.2, 0) is 4.74 Å². The molecule has 4 nitrogen and oxygen atoms in total. The number of rotatable bonds is 6. The van der Waals surface area contributed by atoms with Crippen molar-refractivity contribution in [1.82, 2.24) is 9.80 Å². The van der Waals surface area contributed by atoms with Crippen molar-refractivity contribution in [1.29, 1.82) is 0 Å². The van der Waals surface area contributed by atoms with Crippen LogP contribution in [0.25, 0.3) is 0 Å². The van der Waals surface area contributed by atoms with E-state index in [9.17, 15) is 0 Å². The SMILES string of the molecule is CCOC(CC)CN1CCN(C(=NC)c2ccccc2C)CC1. The van der Waals surface area contributed by atoms with Crippen molar-refractivity contribution in [2.45, 2.75) is 33.3 Å². The van der Waals surface area contributed by atoms with Gasteiger partial charge in [-0.2, -0.15) is 0 Å². The molecule has 1 aliphatic rings. The fraction of sp³-hybridized carbons (Fsp3) is 0.632. The summed E-state index contributed by atoms with van der Waals surface area (Å²) in [6.45, 7) is 12.5. The van der Waals surface area contributed by atoms with E-state index in [1.165, 1.54) is 11.1 Å². The number of ether oxygens (including phenoxy) is 1. The summed E-state index contributed by atoms with van der Waals surface area (Å²) in [5.74, 6) is 1.12. The minimum atomic E-state index is 0.363. The van der Waals surface area contributed by atoms with E-state index in [4.69, 9.17) is 4.74 Å². The van der Waals surface area contributed by atoms with Gasteiger partial charge in [0.2, 0.25) is 0 Å². The van der Waals surface area contributed by atoms with Crippen LogP contribution in [0, 0.1) is 6.92 Å². The number of aliphatic imine (C=N–C) groups is 1. The van der Waals surface area contributed by atoms with Gasteiger partial charge in [0.25, 0.3) is 0 Å². The quantitative estimate of drug-likeness (QED) is 0.596. The predicted octanol–water partition coefficient (Wildman–Crippen LogP) is 2.80. The summed E-state index contributed by atoms with van der Waals surface area (Å²) in [6, 6.07) is 8.51. The van der Waals surface area contributed by atoms with Crippen LogP contribution < -0.4 is 0 Å². The molecule has 1 aromatic carbocycles. The minimum absolute atomic E-state index is 0.363. The van der Waals surface area contributed by atoms with Crippen LogP contribution in [0.3, 0.4) is 0 Å². The highest BCUT2D eigenvalue weighted by Crippen LogP contribution is 2.14. The van der Waals surface area contributed by atoms with Crippen LogP contribution in [0.5, 0.6) is 0 Å². The van der Waals surface area contributed by atoms with Crippen molar-refractivity contribution in [2.24, 2.45) is 4.99 Å². The van der Waals surface area contributed by atoms with Gasteiger partial charge in [-0.25, -0.2) is 0 Å². The largest absolute Gasteiger partial charge is 0.377 e. The highest BCUT2D eigenvalue weighted by atomic mass is 16.5. The molecule has 1 saturated heterocycles. The second-order valence-corrected chi connectivity index (χ2v) is 6.14. The molecule has 23 heavy (non-hydrogen) atoms. The highest BCUT2D eigenvalue weighted by molar-refractivity contribution is 6.00. The topological polar surface area (TPSA) is 28.1 Å². The zero-order valence-electron chi connectivity index (χ0n) is 15.1. The lowest BCUT2D eigenvalue weighted by molar-refractivity contribution is 0.0233. The number of hydrogen-bond acceptors (Lipinski definition) is 3. The summed E-state index contributed by atoms with van der Waals surface area (Å²) in [7, 11) is 1.90. The van der Waals surface area contributed by atoms with Crippen molar-refractivity contribution in [2.75, 3.05) is 46.4 Å². The van der Waals surface area contributed by atoms with Gasteiger partial charge < -0.3 is 9.64 Å². The summed E-state index contributed by atoms with van der Waals surface area (Å²) < 4.78 is 5.80. The molecule has 0 aliphatic carbocycles. The molecule has 0 radical (unpaired) electrons. The molecule has 0 bridgehead atoms. The molecule has 0 amide bonds. The maximum absolute atomic E-state index is 5.80. The van der Waals surface area contributed by atoms with Crippen LogP contribution in [0.1, 0.15) is 31.4 Å². The van der Waals surface area contributed by atoms with Gasteiger partial charge in [-0.1, -0.05) is 31.2 Å². The molecule has 1 heterocycles. The third-order valence-corrected chi connectivity index (χ3v) is 4.59. The van der Waals surface area contributed by atoms with Crippen molar-refractivity contribution >= 4 is 5.84 Å². The molecular weight excluding hydrogens is 286 g/mol. The average molecular weight is 317 g/mol. The first-order chi connectivity index (χ1) is 11.2. The number of nitrogens with zero attached hydrogens (tertiary/aromatic N) is 3. The lowest BCUT2D eigenvalue weighted by Crippen LogP contribution is -2.50. The molecule has 1 fully saturated rings. The number of amidine groups is 1. The lowest BCUT2D eigenvalue weighted by Gasteiger charge is -2.38. The third kappa shape index (κ3) is 4.79. The third-order valence-electron chi connectivity index (χ3n) is 4.59. The fourth-order valence-corrected chi connectivity index (χ4v) is 3.22. The Morgan fingerprint density at radius 1 is 1.17 bits per heavy atom. The van der Waals surface area contributed by atoms with Crippen LogP contribution in [-0.4, -0.2) is 68.1 Å². The first-order valence-electron chi connectivity index (χ1n) is 8.81. The standard InChI is InChI=1S/C19H31N3O/c1-5-17(23-6-2)15-21-11-13-22(14-12-21)19(20-4)18-10-8-7-9-16(18)3/h7-10,17H,5-6,11-15H2,1-4H3. The first-order valence-corrected chi connectivity index (χ1v) is 8.81. The molecule has 2 rings (SSSR count). The van der Waals surface area contributed by atoms with Gasteiger partial charge in [0, 0.05) is 51.9 Å². The molecule has 0 aromatic heterocycles. The molecule has 1 aliphatic heterocycles. The molecule has 0 N–H and O–H groups in total. The van der Waals surface area contributed by atoms with E-state index in [0.717, 1.165) is 51.6 Å². The Morgan fingerprint density at radius 3 is 2.43 bits per heavy atom. The number of aryl methyl sites for hydroxylation is 1. The number of piperazine rings is 1. The highest BCUT2D eigenvalue weighted by Gasteiger charge is 2.22. The molecule has 0 saturated carbocycles. The van der Waals surface area contributed by atoms with Gasteiger partial charge in [-0.3, -0.25) is 9.89 Å². The van der Waals surface area contributed by atoms with Crippen molar-refractivity contribution in [3.8, 4) is 0 Å². The monoisotopic (exact) mass is 317 g/mol. The molecule has 1 unspecified atom stereocenters. The summed E-state index contributed by atoms with van der Waals surface area (Å²) in [5, 5.41) is 0. The van der Waals surface area contributed by atoms with E-state index in [2.05, 4.69) is 59.8 Å². The van der Waals surface area contributed by atoms with E-state index in [0.29, 0.717) is 6.10 Å². The first kappa shape index (κ1) is 18.0. The Hall–Kier alpha value is -1.39. The van der Waals surface area contributed by atoms with E-state index in [-0.39, 0.29) is 0 Å². The fourth-order valence-electron chi connectivity index (χ4n) is 3.22. The Morgan fingerprint density at radius 2 is 1.87 bits per heavy atom. The second-order valence-electron chi connectivity index (χ2n) is 6.14. The maximum Gasteiger partial charge on any atom is 0.130 e. The van der Waals surface area contributed by atoms with Gasteiger partial charge in [0.15, 0.2) is 0 Å². The van der Waals surface area contributed by atoms with Crippen molar-refractivity contribution < 1.29 is 4.74 Å². The van der Waals surface area contributed by atoms with Crippen LogP contribution >= 0.6 is 0 Å². The van der Waals surface area contributed by atoms with E-state index in [1.54, 1.807) is 0 Å². The van der Waals surface area contributed by atoms with Gasteiger partial charge >= 0.3 is 0 Å². The predicted molar refractivity (Wildman–Crippen MR) is 97.4 cm³/mol. The van der Waals surface area contributed by atoms with E-state index < -0.39 is 0 Å². The molecular formula is C19H31N3O. The van der Waals surface area contributed by atoms with Crippen molar-refractivity contribution in [3.63, 3.8) is 0 Å². The zero-order chi connectivity index (χ0) is 16.7. The van der Waals surface area contributed by atoms with E-state index in [1.807, 2.05) is 7.05 Å². The molecule has 1 atom stereocenters. The number of benzene rings is 1. The average Bonchev–Trinajstić information content (AvgIpc) is 2.58. The summed E-state index contributed by atoms with van der Waals surface area (Å²) >= 11 is 0. The summed E-state index contributed by atoms with van der Waals surface area (Å²) in [6.07, 6.45) is 1.45. The minimum Gasteiger partial charge on any atom is -0.377 e. The second kappa shape index (κ2) is 9.04. The maximum atomic E-state index is 5.80. The Bertz CT molecular complexity index is 507. The van der Waals surface area contributed by atoms with Crippen molar-refractivity contribution in [3.05, 3.63) is 35.4 Å². The molecule has 4 heteroatoms. The molecule has 0 spiro atoms. The Kier molecular flexibility index (Phi) is 7.06. The number of hydrogen-bond donors (Lipinski definition) is 0. The van der Waals surface area contributed by atoms with E-state index >= 15 is 0 Å². The van der Waals surface area contributed by atoms with Gasteiger partial charge in [0.1, 0.15) is 5.84 Å². The van der Waals surface area contributed by atoms with Gasteiger partial charge in [-0.15, -0.1) is 0 Å². The van der Waals surface area contributed by atoms with Crippen LogP contribution in [0.4, 0.5) is 0 Å². The molecule has 128 valence electrons. The Balaban J connectivity index is 1.94. The normalized spacial score (nSPS) is 18.3. The Labute approximate surface area is 141 Å². The van der Waals surface area contributed by atoms with Crippen LogP contribution in [0.2, 0.25) is 0 Å². The van der Waals surface area contributed by atoms with Gasteiger partial charge in [-0.05, 0) is 25.8 Å².